The number of aryl methyl sites for hydroxylation is 1. The molecule has 4 heterocycles. The van der Waals surface area contributed by atoms with Gasteiger partial charge in [0.1, 0.15) is 5.69 Å². The third-order valence-corrected chi connectivity index (χ3v) is 4.84. The van der Waals surface area contributed by atoms with Gasteiger partial charge in [0.05, 0.1) is 31.5 Å². The van der Waals surface area contributed by atoms with E-state index in [4.69, 9.17) is 4.74 Å². The number of carbonyl (C=O) groups is 2. The number of halogens is 1. The largest absolute Gasteiger partial charge is 0.436 e. The second kappa shape index (κ2) is 6.36. The number of benzene rings is 1. The smallest absolute Gasteiger partial charge is 0.415 e. The number of hydrogen-bond acceptors (Lipinski definition) is 8. The Kier molecular flexibility index (Phi) is 3.79. The maximum absolute atomic E-state index is 14.8. The Morgan fingerprint density at radius 3 is 2.79 bits per heavy atom. The number of tetrazole rings is 1. The second-order valence-electron chi connectivity index (χ2n) is 6.79. The number of fused-ring (bicyclic) bond motifs is 1. The van der Waals surface area contributed by atoms with Crippen LogP contribution in [0.4, 0.5) is 20.8 Å². The van der Waals surface area contributed by atoms with Gasteiger partial charge >= 0.3 is 6.09 Å². The molecule has 0 radical (unpaired) electrons. The van der Waals surface area contributed by atoms with E-state index in [9.17, 15) is 14.0 Å². The molecule has 1 atom stereocenters. The second-order valence-corrected chi connectivity index (χ2v) is 6.79. The Balaban J connectivity index is 1.37. The predicted molar refractivity (Wildman–Crippen MR) is 95.9 cm³/mol. The number of aromatic nitrogens is 6. The van der Waals surface area contributed by atoms with Crippen LogP contribution in [0.15, 0.2) is 24.4 Å². The molecule has 2 aliphatic heterocycles. The molecule has 5 rings (SSSR count). The van der Waals surface area contributed by atoms with E-state index in [2.05, 4.69) is 20.5 Å². The fourth-order valence-electron chi connectivity index (χ4n) is 3.43. The molecule has 1 aromatic carbocycles. The Hall–Kier alpha value is -3.83. The van der Waals surface area contributed by atoms with Crippen molar-refractivity contribution in [1.82, 2.24) is 30.0 Å². The number of anilines is 2. The van der Waals surface area contributed by atoms with Gasteiger partial charge in [-0.2, -0.15) is 9.90 Å². The SMILES string of the molecule is Cn1nnc(N2Cc3cn(-c4ccc(N5CC(C=O)OC5=O)cc4F)nc3C2)n1. The van der Waals surface area contributed by atoms with E-state index in [0.29, 0.717) is 31.0 Å². The van der Waals surface area contributed by atoms with Crippen LogP contribution in [0.2, 0.25) is 0 Å². The zero-order valence-corrected chi connectivity index (χ0v) is 15.3. The molecular formula is C17H15FN8O3. The van der Waals surface area contributed by atoms with Crippen molar-refractivity contribution >= 4 is 24.0 Å². The molecule has 0 aliphatic carbocycles. The maximum Gasteiger partial charge on any atom is 0.415 e. The summed E-state index contributed by atoms with van der Waals surface area (Å²) in [5, 5.41) is 16.5. The first kappa shape index (κ1) is 17.3. The van der Waals surface area contributed by atoms with E-state index in [0.717, 1.165) is 11.3 Å². The molecule has 0 spiro atoms. The van der Waals surface area contributed by atoms with E-state index in [-0.39, 0.29) is 12.2 Å². The van der Waals surface area contributed by atoms with Gasteiger partial charge in [-0.05, 0) is 23.4 Å². The van der Waals surface area contributed by atoms with Gasteiger partial charge in [0.15, 0.2) is 18.2 Å². The van der Waals surface area contributed by atoms with Crippen LogP contribution in [0.1, 0.15) is 11.3 Å². The minimum absolute atomic E-state index is 0.0590. The summed E-state index contributed by atoms with van der Waals surface area (Å²) in [6.45, 7) is 1.11. The summed E-state index contributed by atoms with van der Waals surface area (Å²) in [7, 11) is 1.69. The molecule has 1 fully saturated rings. The van der Waals surface area contributed by atoms with Crippen molar-refractivity contribution in [1.29, 1.82) is 0 Å². The minimum atomic E-state index is -0.842. The molecule has 2 aromatic heterocycles. The molecule has 2 aliphatic rings. The van der Waals surface area contributed by atoms with E-state index < -0.39 is 18.0 Å². The number of carbonyl (C=O) groups excluding carboxylic acids is 2. The highest BCUT2D eigenvalue weighted by molar-refractivity contribution is 5.92. The van der Waals surface area contributed by atoms with Crippen LogP contribution in [0.25, 0.3) is 5.69 Å². The summed E-state index contributed by atoms with van der Waals surface area (Å²) in [6, 6.07) is 4.36. The minimum Gasteiger partial charge on any atom is -0.436 e. The lowest BCUT2D eigenvalue weighted by atomic mass is 10.2. The molecule has 148 valence electrons. The number of aldehydes is 1. The van der Waals surface area contributed by atoms with Crippen LogP contribution in [0, 0.1) is 5.82 Å². The first-order valence-electron chi connectivity index (χ1n) is 8.81. The van der Waals surface area contributed by atoms with Crippen molar-refractivity contribution in [2.24, 2.45) is 7.05 Å². The molecule has 11 nitrogen and oxygen atoms in total. The van der Waals surface area contributed by atoms with E-state index >= 15 is 0 Å². The summed E-state index contributed by atoms with van der Waals surface area (Å²) in [5.74, 6) is -0.0304. The van der Waals surface area contributed by atoms with Gasteiger partial charge in [-0.1, -0.05) is 5.10 Å². The Morgan fingerprint density at radius 2 is 2.14 bits per heavy atom. The van der Waals surface area contributed by atoms with Gasteiger partial charge in [0.25, 0.3) is 5.95 Å². The number of rotatable bonds is 4. The molecule has 1 saturated heterocycles. The van der Waals surface area contributed by atoms with Crippen molar-refractivity contribution < 1.29 is 18.7 Å². The number of cyclic esters (lactones) is 1. The van der Waals surface area contributed by atoms with Crippen LogP contribution in [0.3, 0.4) is 0 Å². The van der Waals surface area contributed by atoms with Crippen LogP contribution in [0.5, 0.6) is 0 Å². The van der Waals surface area contributed by atoms with Crippen LogP contribution < -0.4 is 9.80 Å². The van der Waals surface area contributed by atoms with Crippen molar-refractivity contribution in [3.05, 3.63) is 41.5 Å². The zero-order chi connectivity index (χ0) is 20.1. The third-order valence-electron chi connectivity index (χ3n) is 4.84. The predicted octanol–water partition coefficient (Wildman–Crippen LogP) is 0.579. The third kappa shape index (κ3) is 2.88. The normalized spacial score (nSPS) is 18.3. The highest BCUT2D eigenvalue weighted by Crippen LogP contribution is 2.28. The molecular weight excluding hydrogens is 383 g/mol. The quantitative estimate of drug-likeness (QED) is 0.587. The fraction of sp³-hybridized carbons (Fsp3) is 0.294. The van der Waals surface area contributed by atoms with Crippen molar-refractivity contribution in [3.63, 3.8) is 0 Å². The number of hydrogen-bond donors (Lipinski definition) is 0. The van der Waals surface area contributed by atoms with E-state index in [1.54, 1.807) is 19.3 Å². The van der Waals surface area contributed by atoms with E-state index in [1.165, 1.54) is 26.5 Å². The average Bonchev–Trinajstić information content (AvgIpc) is 3.44. The van der Waals surface area contributed by atoms with Crippen molar-refractivity contribution in [2.45, 2.75) is 19.2 Å². The summed E-state index contributed by atoms with van der Waals surface area (Å²) in [5.41, 5.74) is 2.32. The topological polar surface area (TPSA) is 111 Å². The van der Waals surface area contributed by atoms with Crippen molar-refractivity contribution in [3.8, 4) is 5.69 Å². The highest BCUT2D eigenvalue weighted by Gasteiger charge is 2.32. The molecule has 3 aromatic rings. The lowest BCUT2D eigenvalue weighted by Crippen LogP contribution is -2.25. The van der Waals surface area contributed by atoms with Gasteiger partial charge in [0, 0.05) is 18.3 Å². The van der Waals surface area contributed by atoms with Gasteiger partial charge in [0.2, 0.25) is 0 Å². The van der Waals surface area contributed by atoms with Crippen molar-refractivity contribution in [2.75, 3.05) is 16.3 Å². The summed E-state index contributed by atoms with van der Waals surface area (Å²) in [6.07, 6.45) is 0.792. The molecule has 0 N–H and O–H groups in total. The number of ether oxygens (including phenoxy) is 1. The molecule has 29 heavy (non-hydrogen) atoms. The Morgan fingerprint density at radius 1 is 1.28 bits per heavy atom. The fourth-order valence-corrected chi connectivity index (χ4v) is 3.43. The standard InChI is InChI=1S/C17H15FN8O3/c1-23-21-16(19-22-23)24-5-10-6-26(20-14(10)8-24)15-3-2-11(4-13(15)18)25-7-12(9-27)29-17(25)28/h2-4,6,9,12H,5,7-8H2,1H3. The highest BCUT2D eigenvalue weighted by atomic mass is 19.1. The monoisotopic (exact) mass is 398 g/mol. The summed E-state index contributed by atoms with van der Waals surface area (Å²) in [4.78, 5) is 27.2. The van der Waals surface area contributed by atoms with Gasteiger partial charge in [-0.25, -0.2) is 13.9 Å². The first-order valence-corrected chi connectivity index (χ1v) is 8.81. The first-order chi connectivity index (χ1) is 14.0. The number of nitrogens with zero attached hydrogens (tertiary/aromatic N) is 8. The van der Waals surface area contributed by atoms with Crippen LogP contribution in [-0.2, 0) is 29.7 Å². The maximum atomic E-state index is 14.8. The summed E-state index contributed by atoms with van der Waals surface area (Å²) >= 11 is 0. The average molecular weight is 398 g/mol. The molecule has 1 amide bonds. The zero-order valence-electron chi connectivity index (χ0n) is 15.3. The van der Waals surface area contributed by atoms with Crippen LogP contribution >= 0.6 is 0 Å². The summed E-state index contributed by atoms with van der Waals surface area (Å²) < 4.78 is 21.1. The Labute approximate surface area is 163 Å². The van der Waals surface area contributed by atoms with Crippen LogP contribution in [-0.4, -0.2) is 55.0 Å². The molecule has 1 unspecified atom stereocenters. The van der Waals surface area contributed by atoms with E-state index in [1.807, 2.05) is 4.90 Å². The Bertz CT molecular complexity index is 1100. The number of amides is 1. The lowest BCUT2D eigenvalue weighted by molar-refractivity contribution is -0.113. The molecule has 0 bridgehead atoms. The van der Waals surface area contributed by atoms with Gasteiger partial charge < -0.3 is 9.64 Å². The molecule has 12 heteroatoms. The lowest BCUT2D eigenvalue weighted by Gasteiger charge is -2.14. The van der Waals surface area contributed by atoms with Gasteiger partial charge in [-0.15, -0.1) is 5.10 Å². The van der Waals surface area contributed by atoms with Gasteiger partial charge in [-0.3, -0.25) is 9.69 Å². The molecule has 0 saturated carbocycles.